The number of hydrogen-bond acceptors (Lipinski definition) is 3. The van der Waals surface area contributed by atoms with Crippen molar-refractivity contribution in [2.75, 3.05) is 7.11 Å². The molecule has 0 amide bonds. The zero-order valence-corrected chi connectivity index (χ0v) is 16.8. The van der Waals surface area contributed by atoms with Crippen molar-refractivity contribution in [3.63, 3.8) is 0 Å². The summed E-state index contributed by atoms with van der Waals surface area (Å²) >= 11 is 0. The van der Waals surface area contributed by atoms with Crippen molar-refractivity contribution in [2.45, 2.75) is 53.2 Å². The zero-order valence-electron chi connectivity index (χ0n) is 16.8. The van der Waals surface area contributed by atoms with Crippen LogP contribution in [0, 0.1) is 17.2 Å². The van der Waals surface area contributed by atoms with Crippen molar-refractivity contribution < 1.29 is 18.6 Å². The summed E-state index contributed by atoms with van der Waals surface area (Å²) in [6.45, 7) is 8.62. The lowest BCUT2D eigenvalue weighted by molar-refractivity contribution is 0.0101. The van der Waals surface area contributed by atoms with Gasteiger partial charge in [0.05, 0.1) is 7.11 Å². The molecule has 3 rings (SSSR count). The van der Waals surface area contributed by atoms with Gasteiger partial charge in [0.2, 0.25) is 6.29 Å². The van der Waals surface area contributed by atoms with Crippen LogP contribution in [0.2, 0.25) is 0 Å². The second-order valence-corrected chi connectivity index (χ2v) is 8.55. The maximum atomic E-state index is 14.3. The Kier molecular flexibility index (Phi) is 5.64. The van der Waals surface area contributed by atoms with Crippen LogP contribution >= 0.6 is 0 Å². The molecule has 0 fully saturated rings. The monoisotopic (exact) mass is 372 g/mol. The number of halogens is 1. The third-order valence-electron chi connectivity index (χ3n) is 4.82. The summed E-state index contributed by atoms with van der Waals surface area (Å²) in [6, 6.07) is 11.2. The van der Waals surface area contributed by atoms with Crippen molar-refractivity contribution in [3.8, 4) is 17.2 Å². The van der Waals surface area contributed by atoms with Gasteiger partial charge in [-0.25, -0.2) is 4.39 Å². The molecule has 1 atom stereocenters. The summed E-state index contributed by atoms with van der Waals surface area (Å²) in [5.74, 6) is 2.49. The van der Waals surface area contributed by atoms with Crippen LogP contribution in [0.15, 0.2) is 36.4 Å². The molecule has 2 aromatic rings. The number of benzene rings is 2. The summed E-state index contributed by atoms with van der Waals surface area (Å²) in [6.07, 6.45) is 1.95. The summed E-state index contributed by atoms with van der Waals surface area (Å²) < 4.78 is 31.4. The first-order chi connectivity index (χ1) is 12.8. The second-order valence-electron chi connectivity index (χ2n) is 8.55. The SMILES string of the molecule is COc1ccc(CC(C)(C)CC2Oc3ccc(CC(C)C)cc3O2)c(F)c1. The minimum absolute atomic E-state index is 0.178. The molecule has 146 valence electrons. The van der Waals surface area contributed by atoms with Crippen LogP contribution in [-0.2, 0) is 12.8 Å². The van der Waals surface area contributed by atoms with E-state index in [0.717, 1.165) is 17.9 Å². The molecule has 0 radical (unpaired) electrons. The van der Waals surface area contributed by atoms with Crippen molar-refractivity contribution in [1.29, 1.82) is 0 Å². The Morgan fingerprint density at radius 3 is 2.48 bits per heavy atom. The third kappa shape index (κ3) is 4.94. The molecule has 1 aliphatic rings. The van der Waals surface area contributed by atoms with E-state index in [9.17, 15) is 4.39 Å². The average Bonchev–Trinajstić information content (AvgIpc) is 2.96. The second kappa shape index (κ2) is 7.79. The Morgan fingerprint density at radius 2 is 1.81 bits per heavy atom. The molecular formula is C23H29FO3. The largest absolute Gasteiger partial charge is 0.497 e. The molecule has 3 nitrogen and oxygen atoms in total. The standard InChI is InChI=1S/C23H29FO3/c1-15(2)10-16-6-9-20-21(11-16)27-22(26-20)14-23(3,4)13-17-7-8-18(25-5)12-19(17)24/h6-9,11-12,15,22H,10,13-14H2,1-5H3. The number of methoxy groups -OCH3 is 1. The predicted octanol–water partition coefficient (Wildman–Crippen LogP) is 5.79. The van der Waals surface area contributed by atoms with Crippen LogP contribution in [0.4, 0.5) is 4.39 Å². The Bertz CT molecular complexity index is 798. The first-order valence-corrected chi connectivity index (χ1v) is 9.54. The molecule has 0 bridgehead atoms. The molecule has 1 heterocycles. The van der Waals surface area contributed by atoms with Gasteiger partial charge in [-0.15, -0.1) is 0 Å². The quantitative estimate of drug-likeness (QED) is 0.616. The minimum atomic E-state index is -0.342. The third-order valence-corrected chi connectivity index (χ3v) is 4.82. The van der Waals surface area contributed by atoms with E-state index < -0.39 is 0 Å². The topological polar surface area (TPSA) is 27.7 Å². The summed E-state index contributed by atoms with van der Waals surface area (Å²) in [5, 5.41) is 0. The zero-order chi connectivity index (χ0) is 19.6. The lowest BCUT2D eigenvalue weighted by Gasteiger charge is -2.27. The minimum Gasteiger partial charge on any atom is -0.497 e. The fourth-order valence-electron chi connectivity index (χ4n) is 3.57. The van der Waals surface area contributed by atoms with E-state index in [4.69, 9.17) is 14.2 Å². The van der Waals surface area contributed by atoms with E-state index in [1.54, 1.807) is 12.1 Å². The van der Waals surface area contributed by atoms with E-state index in [1.165, 1.54) is 18.7 Å². The highest BCUT2D eigenvalue weighted by Gasteiger charge is 2.32. The normalized spacial score (nSPS) is 16.0. The Labute approximate surface area is 161 Å². The number of hydrogen-bond donors (Lipinski definition) is 0. The fraction of sp³-hybridized carbons (Fsp3) is 0.478. The van der Waals surface area contributed by atoms with E-state index in [2.05, 4.69) is 39.8 Å². The van der Waals surface area contributed by atoms with Crippen LogP contribution in [0.25, 0.3) is 0 Å². The molecule has 2 aromatic carbocycles. The molecular weight excluding hydrogens is 343 g/mol. The summed E-state index contributed by atoms with van der Waals surface area (Å²) in [7, 11) is 1.54. The van der Waals surface area contributed by atoms with Gasteiger partial charge in [0.15, 0.2) is 11.5 Å². The van der Waals surface area contributed by atoms with Crippen molar-refractivity contribution in [2.24, 2.45) is 11.3 Å². The van der Waals surface area contributed by atoms with E-state index in [1.807, 2.05) is 6.07 Å². The lowest BCUT2D eigenvalue weighted by atomic mass is 9.82. The molecule has 0 saturated heterocycles. The van der Waals surface area contributed by atoms with Crippen LogP contribution < -0.4 is 14.2 Å². The van der Waals surface area contributed by atoms with E-state index >= 15 is 0 Å². The summed E-state index contributed by atoms with van der Waals surface area (Å²) in [5.41, 5.74) is 1.76. The molecule has 0 aromatic heterocycles. The molecule has 0 N–H and O–H groups in total. The Balaban J connectivity index is 1.64. The molecule has 1 aliphatic heterocycles. The van der Waals surface area contributed by atoms with Gasteiger partial charge in [-0.05, 0) is 53.5 Å². The number of rotatable bonds is 7. The Morgan fingerprint density at radius 1 is 1.07 bits per heavy atom. The van der Waals surface area contributed by atoms with E-state index in [-0.39, 0.29) is 17.5 Å². The van der Waals surface area contributed by atoms with Crippen LogP contribution in [0.3, 0.4) is 0 Å². The number of ether oxygens (including phenoxy) is 3. The van der Waals surface area contributed by atoms with Crippen molar-refractivity contribution in [1.82, 2.24) is 0 Å². The first-order valence-electron chi connectivity index (χ1n) is 9.54. The molecule has 4 heteroatoms. The molecule has 1 unspecified atom stereocenters. The average molecular weight is 372 g/mol. The van der Waals surface area contributed by atoms with Gasteiger partial charge in [-0.3, -0.25) is 0 Å². The van der Waals surface area contributed by atoms with Gasteiger partial charge in [-0.2, -0.15) is 0 Å². The smallest absolute Gasteiger partial charge is 0.242 e. The van der Waals surface area contributed by atoms with E-state index in [0.29, 0.717) is 30.1 Å². The lowest BCUT2D eigenvalue weighted by Crippen LogP contribution is -2.28. The van der Waals surface area contributed by atoms with Gasteiger partial charge < -0.3 is 14.2 Å². The van der Waals surface area contributed by atoms with Gasteiger partial charge in [0.1, 0.15) is 11.6 Å². The van der Waals surface area contributed by atoms with Gasteiger partial charge in [0.25, 0.3) is 0 Å². The Hall–Kier alpha value is -2.23. The highest BCUT2D eigenvalue weighted by atomic mass is 19.1. The van der Waals surface area contributed by atoms with Gasteiger partial charge >= 0.3 is 0 Å². The highest BCUT2D eigenvalue weighted by Crippen LogP contribution is 2.40. The van der Waals surface area contributed by atoms with Crippen molar-refractivity contribution in [3.05, 3.63) is 53.3 Å². The molecule has 0 aliphatic carbocycles. The van der Waals surface area contributed by atoms with Crippen molar-refractivity contribution >= 4 is 0 Å². The predicted molar refractivity (Wildman–Crippen MR) is 105 cm³/mol. The van der Waals surface area contributed by atoms with Crippen LogP contribution in [0.5, 0.6) is 17.2 Å². The van der Waals surface area contributed by atoms with Gasteiger partial charge in [0, 0.05) is 12.5 Å². The number of fused-ring (bicyclic) bond motifs is 1. The highest BCUT2D eigenvalue weighted by molar-refractivity contribution is 5.45. The molecule has 0 saturated carbocycles. The van der Waals surface area contributed by atoms with Crippen LogP contribution in [0.1, 0.15) is 45.2 Å². The van der Waals surface area contributed by atoms with Gasteiger partial charge in [-0.1, -0.05) is 39.8 Å². The van der Waals surface area contributed by atoms with Crippen LogP contribution in [-0.4, -0.2) is 13.4 Å². The maximum Gasteiger partial charge on any atom is 0.242 e. The molecule has 0 spiro atoms. The maximum absolute atomic E-state index is 14.3. The summed E-state index contributed by atoms with van der Waals surface area (Å²) in [4.78, 5) is 0. The molecule has 27 heavy (non-hydrogen) atoms. The fourth-order valence-corrected chi connectivity index (χ4v) is 3.57. The first kappa shape index (κ1) is 19.5.